The van der Waals surface area contributed by atoms with Crippen LogP contribution in [-0.4, -0.2) is 11.1 Å². The Balaban J connectivity index is 1.83. The first-order chi connectivity index (χ1) is 11.0. The smallest absolute Gasteiger partial charge is 0.264 e. The van der Waals surface area contributed by atoms with Crippen molar-refractivity contribution in [1.29, 1.82) is 0 Å². The number of aromatic nitrogens is 1. The SMILES string of the molecule is O=C(Nc1cc(-c2cccc(Cl)c2)no1)c1c(F)cccc1F. The number of rotatable bonds is 3. The topological polar surface area (TPSA) is 55.1 Å². The summed E-state index contributed by atoms with van der Waals surface area (Å²) in [5.74, 6) is -2.92. The lowest BCUT2D eigenvalue weighted by molar-refractivity contribution is 0.101. The average Bonchev–Trinajstić information content (AvgIpc) is 2.95. The number of benzene rings is 2. The van der Waals surface area contributed by atoms with E-state index in [2.05, 4.69) is 10.5 Å². The minimum Gasteiger partial charge on any atom is -0.338 e. The van der Waals surface area contributed by atoms with Crippen LogP contribution >= 0.6 is 11.6 Å². The number of carbonyl (C=O) groups is 1. The first-order valence-corrected chi connectivity index (χ1v) is 6.90. The maximum absolute atomic E-state index is 13.6. The highest BCUT2D eigenvalue weighted by atomic mass is 35.5. The minimum absolute atomic E-state index is 0.0346. The molecule has 0 saturated heterocycles. The zero-order chi connectivity index (χ0) is 16.4. The summed E-state index contributed by atoms with van der Waals surface area (Å²) in [7, 11) is 0. The van der Waals surface area contributed by atoms with E-state index in [1.807, 2.05) is 0 Å². The van der Waals surface area contributed by atoms with Crippen molar-refractivity contribution in [3.8, 4) is 11.3 Å². The fraction of sp³-hybridized carbons (Fsp3) is 0. The van der Waals surface area contributed by atoms with E-state index in [9.17, 15) is 13.6 Å². The molecule has 0 saturated carbocycles. The zero-order valence-electron chi connectivity index (χ0n) is 11.5. The number of anilines is 1. The fourth-order valence-corrected chi connectivity index (χ4v) is 2.20. The van der Waals surface area contributed by atoms with Crippen LogP contribution in [0.1, 0.15) is 10.4 Å². The first kappa shape index (κ1) is 15.2. The molecule has 7 heteroatoms. The average molecular weight is 335 g/mol. The summed E-state index contributed by atoms with van der Waals surface area (Å²) in [6, 6.07) is 11.5. The summed E-state index contributed by atoms with van der Waals surface area (Å²) in [5.41, 5.74) is 0.420. The van der Waals surface area contributed by atoms with Crippen LogP contribution in [0.3, 0.4) is 0 Å². The van der Waals surface area contributed by atoms with Crippen molar-refractivity contribution in [2.45, 2.75) is 0 Å². The van der Waals surface area contributed by atoms with Gasteiger partial charge >= 0.3 is 0 Å². The Bertz CT molecular complexity index is 860. The first-order valence-electron chi connectivity index (χ1n) is 6.52. The molecule has 0 unspecified atom stereocenters. The van der Waals surface area contributed by atoms with Gasteiger partial charge in [0.05, 0.1) is 0 Å². The molecule has 0 bridgehead atoms. The number of nitrogens with zero attached hydrogens (tertiary/aromatic N) is 1. The van der Waals surface area contributed by atoms with Crippen molar-refractivity contribution in [1.82, 2.24) is 5.16 Å². The molecule has 0 fully saturated rings. The van der Waals surface area contributed by atoms with Gasteiger partial charge in [-0.1, -0.05) is 35.0 Å². The van der Waals surface area contributed by atoms with Gasteiger partial charge in [-0.3, -0.25) is 10.1 Å². The van der Waals surface area contributed by atoms with Gasteiger partial charge in [-0.05, 0) is 24.3 Å². The Kier molecular flexibility index (Phi) is 4.08. The third kappa shape index (κ3) is 3.22. The predicted molar refractivity (Wildman–Crippen MR) is 81.3 cm³/mol. The largest absolute Gasteiger partial charge is 0.338 e. The van der Waals surface area contributed by atoms with Gasteiger partial charge in [-0.2, -0.15) is 0 Å². The van der Waals surface area contributed by atoms with Crippen molar-refractivity contribution in [2.75, 3.05) is 5.32 Å². The van der Waals surface area contributed by atoms with Crippen LogP contribution in [0.15, 0.2) is 53.1 Å². The number of nitrogens with one attached hydrogen (secondary N) is 1. The second-order valence-corrected chi connectivity index (χ2v) is 5.07. The Morgan fingerprint density at radius 1 is 1.09 bits per heavy atom. The Labute approximate surface area is 134 Å². The van der Waals surface area contributed by atoms with Crippen LogP contribution in [-0.2, 0) is 0 Å². The van der Waals surface area contributed by atoms with E-state index in [0.717, 1.165) is 12.1 Å². The molecule has 1 heterocycles. The van der Waals surface area contributed by atoms with Crippen molar-refractivity contribution < 1.29 is 18.1 Å². The molecule has 0 radical (unpaired) electrons. The number of carbonyl (C=O) groups excluding carboxylic acids is 1. The van der Waals surface area contributed by atoms with Gasteiger partial charge in [0.1, 0.15) is 22.9 Å². The molecule has 4 nitrogen and oxygen atoms in total. The van der Waals surface area contributed by atoms with Crippen LogP contribution in [0.25, 0.3) is 11.3 Å². The van der Waals surface area contributed by atoms with Gasteiger partial charge in [-0.15, -0.1) is 0 Å². The van der Waals surface area contributed by atoms with Crippen LogP contribution in [0.5, 0.6) is 0 Å². The molecule has 3 rings (SSSR count). The number of hydrogen-bond acceptors (Lipinski definition) is 3. The summed E-state index contributed by atoms with van der Waals surface area (Å²) in [4.78, 5) is 12.0. The maximum atomic E-state index is 13.6. The van der Waals surface area contributed by atoms with Crippen molar-refractivity contribution in [3.63, 3.8) is 0 Å². The highest BCUT2D eigenvalue weighted by Crippen LogP contribution is 2.24. The van der Waals surface area contributed by atoms with Crippen LogP contribution in [0.4, 0.5) is 14.7 Å². The second kappa shape index (κ2) is 6.18. The number of hydrogen-bond donors (Lipinski definition) is 1. The van der Waals surface area contributed by atoms with Crippen LogP contribution in [0, 0.1) is 11.6 Å². The molecule has 0 aliphatic carbocycles. The molecule has 1 aromatic heterocycles. The molecule has 2 aromatic carbocycles. The highest BCUT2D eigenvalue weighted by molar-refractivity contribution is 6.30. The van der Waals surface area contributed by atoms with Crippen molar-refractivity contribution in [3.05, 3.63) is 70.8 Å². The van der Waals surface area contributed by atoms with Gasteiger partial charge in [0.2, 0.25) is 5.88 Å². The standard InChI is InChI=1S/C16H9ClF2N2O2/c17-10-4-1-3-9(7-10)13-8-14(23-21-13)20-16(22)15-11(18)5-2-6-12(15)19/h1-8H,(H,20,22). The Hall–Kier alpha value is -2.73. The zero-order valence-corrected chi connectivity index (χ0v) is 12.3. The Morgan fingerprint density at radius 3 is 2.48 bits per heavy atom. The molecule has 116 valence electrons. The number of halogens is 3. The predicted octanol–water partition coefficient (Wildman–Crippen LogP) is 4.53. The van der Waals surface area contributed by atoms with Crippen molar-refractivity contribution in [2.24, 2.45) is 0 Å². The summed E-state index contributed by atoms with van der Waals surface area (Å²) in [5, 5.41) is 6.56. The molecule has 23 heavy (non-hydrogen) atoms. The Morgan fingerprint density at radius 2 is 1.78 bits per heavy atom. The molecule has 3 aromatic rings. The van der Waals surface area contributed by atoms with Crippen LogP contribution in [0.2, 0.25) is 5.02 Å². The molecule has 0 atom stereocenters. The van der Waals surface area contributed by atoms with Crippen molar-refractivity contribution >= 4 is 23.4 Å². The lowest BCUT2D eigenvalue weighted by atomic mass is 10.1. The fourth-order valence-electron chi connectivity index (χ4n) is 2.01. The molecule has 1 amide bonds. The van der Waals surface area contributed by atoms with E-state index < -0.39 is 23.1 Å². The van der Waals surface area contributed by atoms with Gasteiger partial charge < -0.3 is 4.52 Å². The van der Waals surface area contributed by atoms with Gasteiger partial charge in [-0.25, -0.2) is 8.78 Å². The molecule has 0 aliphatic heterocycles. The van der Waals surface area contributed by atoms with Gasteiger partial charge in [0.15, 0.2) is 0 Å². The normalized spacial score (nSPS) is 10.6. The maximum Gasteiger partial charge on any atom is 0.264 e. The lowest BCUT2D eigenvalue weighted by Crippen LogP contribution is -2.15. The van der Waals surface area contributed by atoms with E-state index >= 15 is 0 Å². The van der Waals surface area contributed by atoms with Gasteiger partial charge in [0.25, 0.3) is 5.91 Å². The number of amides is 1. The summed E-state index contributed by atoms with van der Waals surface area (Å²) < 4.78 is 32.1. The molecular formula is C16H9ClF2N2O2. The third-order valence-corrected chi connectivity index (χ3v) is 3.29. The van der Waals surface area contributed by atoms with E-state index in [1.165, 1.54) is 12.1 Å². The van der Waals surface area contributed by atoms with E-state index in [4.69, 9.17) is 16.1 Å². The molecule has 0 spiro atoms. The monoisotopic (exact) mass is 334 g/mol. The van der Waals surface area contributed by atoms with E-state index in [-0.39, 0.29) is 5.88 Å². The molecule has 1 N–H and O–H groups in total. The molecule has 0 aliphatic rings. The van der Waals surface area contributed by atoms with E-state index in [1.54, 1.807) is 24.3 Å². The third-order valence-electron chi connectivity index (χ3n) is 3.06. The summed E-state index contributed by atoms with van der Waals surface area (Å²) >= 11 is 5.89. The quantitative estimate of drug-likeness (QED) is 0.766. The summed E-state index contributed by atoms with van der Waals surface area (Å²) in [6.07, 6.45) is 0. The highest BCUT2D eigenvalue weighted by Gasteiger charge is 2.19. The lowest BCUT2D eigenvalue weighted by Gasteiger charge is -2.03. The minimum atomic E-state index is -0.964. The van der Waals surface area contributed by atoms with E-state index in [0.29, 0.717) is 16.3 Å². The summed E-state index contributed by atoms with van der Waals surface area (Å²) in [6.45, 7) is 0. The molecular weight excluding hydrogens is 326 g/mol. The second-order valence-electron chi connectivity index (χ2n) is 4.64. The van der Waals surface area contributed by atoms with Gasteiger partial charge in [0, 0.05) is 16.7 Å². The van der Waals surface area contributed by atoms with Crippen LogP contribution < -0.4 is 5.32 Å².